The van der Waals surface area contributed by atoms with E-state index in [0.717, 1.165) is 74.0 Å². The average Bonchev–Trinajstić information content (AvgIpc) is 3.23. The van der Waals surface area contributed by atoms with E-state index in [1.807, 2.05) is 0 Å². The molecule has 3 fully saturated rings. The Bertz CT molecular complexity index is 837. The summed E-state index contributed by atoms with van der Waals surface area (Å²) in [6.07, 6.45) is 21.0. The molecule has 1 amide bonds. The largest absolute Gasteiger partial charge is 0.446 e. The van der Waals surface area contributed by atoms with Crippen molar-refractivity contribution >= 4 is 6.09 Å². The Kier molecular flexibility index (Phi) is 10.5. The number of hydrogen-bond acceptors (Lipinski definition) is 3. The van der Waals surface area contributed by atoms with Crippen molar-refractivity contribution in [3.63, 3.8) is 0 Å². The molecule has 1 unspecified atom stereocenters. The molecular formula is C35H62N2O2. The Morgan fingerprint density at radius 1 is 0.974 bits per heavy atom. The molecule has 4 rings (SSSR count). The van der Waals surface area contributed by atoms with Crippen LogP contribution >= 0.6 is 0 Å². The first-order valence-electron chi connectivity index (χ1n) is 16.9. The predicted octanol–water partition coefficient (Wildman–Crippen LogP) is 9.03. The van der Waals surface area contributed by atoms with Gasteiger partial charge < -0.3 is 15.8 Å². The highest BCUT2D eigenvalue weighted by Gasteiger charge is 2.59. The summed E-state index contributed by atoms with van der Waals surface area (Å²) in [5, 5.41) is 2.99. The number of unbranched alkanes of at least 4 members (excludes halogenated alkanes) is 2. The first-order chi connectivity index (χ1) is 18.5. The average molecular weight is 543 g/mol. The molecule has 3 N–H and O–H groups in total. The molecule has 0 saturated heterocycles. The molecule has 0 aromatic heterocycles. The van der Waals surface area contributed by atoms with E-state index in [2.05, 4.69) is 52.9 Å². The van der Waals surface area contributed by atoms with Gasteiger partial charge in [-0.3, -0.25) is 0 Å². The predicted molar refractivity (Wildman–Crippen MR) is 163 cm³/mol. The maximum Gasteiger partial charge on any atom is 0.407 e. The van der Waals surface area contributed by atoms with Gasteiger partial charge in [-0.15, -0.1) is 0 Å². The number of alkyl carbamates (subject to hydrolysis) is 1. The van der Waals surface area contributed by atoms with Crippen LogP contribution in [0.3, 0.4) is 0 Å². The summed E-state index contributed by atoms with van der Waals surface area (Å²) in [4.78, 5) is 12.5. The molecule has 0 radical (unpaired) electrons. The van der Waals surface area contributed by atoms with Crippen LogP contribution in [0.5, 0.6) is 0 Å². The zero-order valence-electron chi connectivity index (χ0n) is 26.4. The van der Waals surface area contributed by atoms with E-state index in [9.17, 15) is 4.79 Å². The lowest BCUT2D eigenvalue weighted by molar-refractivity contribution is -0.0581. The maximum absolute atomic E-state index is 12.5. The van der Waals surface area contributed by atoms with Crippen molar-refractivity contribution in [2.45, 2.75) is 150 Å². The monoisotopic (exact) mass is 542 g/mol. The van der Waals surface area contributed by atoms with Crippen LogP contribution in [0.15, 0.2) is 11.6 Å². The van der Waals surface area contributed by atoms with E-state index in [4.69, 9.17) is 10.5 Å². The molecule has 3 saturated carbocycles. The van der Waals surface area contributed by atoms with Crippen LogP contribution in [0.2, 0.25) is 0 Å². The van der Waals surface area contributed by atoms with Gasteiger partial charge in [0, 0.05) is 19.0 Å². The number of hydrogen-bond donors (Lipinski definition) is 2. The van der Waals surface area contributed by atoms with Gasteiger partial charge in [0.15, 0.2) is 0 Å². The van der Waals surface area contributed by atoms with Gasteiger partial charge in [0.25, 0.3) is 0 Å². The molecule has 4 aliphatic carbocycles. The summed E-state index contributed by atoms with van der Waals surface area (Å²) in [6.45, 7) is 15.3. The molecule has 0 aromatic rings. The van der Waals surface area contributed by atoms with E-state index in [-0.39, 0.29) is 18.2 Å². The Balaban J connectivity index is 1.29. The number of amides is 1. The summed E-state index contributed by atoms with van der Waals surface area (Å²) < 4.78 is 5.93. The van der Waals surface area contributed by atoms with Crippen molar-refractivity contribution in [2.24, 2.45) is 52.1 Å². The van der Waals surface area contributed by atoms with Gasteiger partial charge in [0.2, 0.25) is 0 Å². The molecule has 39 heavy (non-hydrogen) atoms. The molecule has 0 aromatic carbocycles. The summed E-state index contributed by atoms with van der Waals surface area (Å²) in [5.41, 5.74) is 8.27. The molecule has 4 heteroatoms. The minimum atomic E-state index is -0.224. The van der Waals surface area contributed by atoms with E-state index in [1.54, 1.807) is 5.57 Å². The first-order valence-corrected chi connectivity index (χ1v) is 16.9. The highest BCUT2D eigenvalue weighted by molar-refractivity contribution is 5.67. The normalized spacial score (nSPS) is 37.3. The third-order valence-corrected chi connectivity index (χ3v) is 12.1. The van der Waals surface area contributed by atoms with Crippen LogP contribution in [0.25, 0.3) is 0 Å². The van der Waals surface area contributed by atoms with Gasteiger partial charge in [-0.25, -0.2) is 4.79 Å². The fourth-order valence-corrected chi connectivity index (χ4v) is 9.90. The number of carbonyl (C=O) groups excluding carboxylic acids is 1. The minimum absolute atomic E-state index is 0.0374. The Labute approximate surface area is 241 Å². The smallest absolute Gasteiger partial charge is 0.407 e. The van der Waals surface area contributed by atoms with Crippen molar-refractivity contribution in [3.05, 3.63) is 11.6 Å². The summed E-state index contributed by atoms with van der Waals surface area (Å²) in [6, 6.07) is 0.269. The van der Waals surface area contributed by atoms with Crippen molar-refractivity contribution in [2.75, 3.05) is 6.54 Å². The van der Waals surface area contributed by atoms with Gasteiger partial charge in [-0.1, -0.05) is 78.4 Å². The van der Waals surface area contributed by atoms with E-state index >= 15 is 0 Å². The topological polar surface area (TPSA) is 64.3 Å². The number of ether oxygens (including phenoxy) is 1. The van der Waals surface area contributed by atoms with Crippen LogP contribution in [0, 0.1) is 46.3 Å². The highest BCUT2D eigenvalue weighted by Crippen LogP contribution is 2.67. The second-order valence-corrected chi connectivity index (χ2v) is 15.3. The highest BCUT2D eigenvalue weighted by atomic mass is 16.6. The minimum Gasteiger partial charge on any atom is -0.446 e. The molecule has 4 nitrogen and oxygen atoms in total. The summed E-state index contributed by atoms with van der Waals surface area (Å²) >= 11 is 0. The van der Waals surface area contributed by atoms with Crippen LogP contribution < -0.4 is 11.1 Å². The van der Waals surface area contributed by atoms with Crippen molar-refractivity contribution < 1.29 is 9.53 Å². The lowest BCUT2D eigenvalue weighted by atomic mass is 9.47. The quantitative estimate of drug-likeness (QED) is 0.191. The lowest BCUT2D eigenvalue weighted by Crippen LogP contribution is -2.51. The van der Waals surface area contributed by atoms with Crippen molar-refractivity contribution in [3.8, 4) is 0 Å². The standard InChI is InChI=1S/C35H62N2O2/c1-24(2)11-10-12-25(3)30-16-17-31-29-15-14-27-23-28(39-33(38)37-22-9-7-8-13-26(4)36)18-20-34(27,5)32(29)19-21-35(30,31)6/h14,24-26,28-32H,7-13,15-23,36H2,1-6H3,(H,37,38)/t25-,26?,28+,29+,30-,31+,32+,34+,35-/m1/s1. The second kappa shape index (κ2) is 13.3. The summed E-state index contributed by atoms with van der Waals surface area (Å²) in [5.74, 6) is 5.19. The first kappa shape index (κ1) is 30.9. The molecular weight excluding hydrogens is 480 g/mol. The maximum atomic E-state index is 12.5. The Morgan fingerprint density at radius 2 is 1.77 bits per heavy atom. The fourth-order valence-electron chi connectivity index (χ4n) is 9.90. The number of rotatable bonds is 12. The van der Waals surface area contributed by atoms with Gasteiger partial charge >= 0.3 is 6.09 Å². The SMILES string of the molecule is CC(C)CCC[C@@H](C)[C@H]1CC[C@H]2[C@@H]3CC=C4C[C@@H](OC(=O)NCCCCCC(C)N)CC[C@]4(C)[C@H]3CC[C@]12C. The molecule has 9 atom stereocenters. The zero-order chi connectivity index (χ0) is 28.2. The van der Waals surface area contributed by atoms with Crippen LogP contribution in [-0.4, -0.2) is 24.8 Å². The number of nitrogens with two attached hydrogens (primary N) is 1. The Hall–Kier alpha value is -1.03. The second-order valence-electron chi connectivity index (χ2n) is 15.3. The third-order valence-electron chi connectivity index (χ3n) is 12.1. The van der Waals surface area contributed by atoms with Gasteiger partial charge in [0.1, 0.15) is 6.10 Å². The van der Waals surface area contributed by atoms with Crippen LogP contribution in [0.1, 0.15) is 138 Å². The Morgan fingerprint density at radius 3 is 2.51 bits per heavy atom. The van der Waals surface area contributed by atoms with Crippen molar-refractivity contribution in [1.29, 1.82) is 0 Å². The molecule has 4 aliphatic rings. The van der Waals surface area contributed by atoms with Gasteiger partial charge in [0.05, 0.1) is 0 Å². The van der Waals surface area contributed by atoms with Crippen LogP contribution in [-0.2, 0) is 4.74 Å². The molecule has 224 valence electrons. The van der Waals surface area contributed by atoms with Gasteiger partial charge in [-0.05, 0) is 111 Å². The number of nitrogens with one attached hydrogen (secondary N) is 1. The third kappa shape index (κ3) is 7.07. The van der Waals surface area contributed by atoms with Crippen molar-refractivity contribution in [1.82, 2.24) is 5.32 Å². The zero-order valence-corrected chi connectivity index (χ0v) is 26.4. The molecule has 0 bridgehead atoms. The van der Waals surface area contributed by atoms with Crippen LogP contribution in [0.4, 0.5) is 4.79 Å². The van der Waals surface area contributed by atoms with E-state index in [0.29, 0.717) is 17.4 Å². The molecule has 0 spiro atoms. The summed E-state index contributed by atoms with van der Waals surface area (Å²) in [7, 11) is 0. The molecule has 0 heterocycles. The van der Waals surface area contributed by atoms with Gasteiger partial charge in [-0.2, -0.15) is 0 Å². The lowest BCUT2D eigenvalue weighted by Gasteiger charge is -2.58. The fraction of sp³-hybridized carbons (Fsp3) is 0.914. The number of carbonyl (C=O) groups is 1. The number of allylic oxidation sites excluding steroid dienone is 1. The van der Waals surface area contributed by atoms with E-state index < -0.39 is 0 Å². The van der Waals surface area contributed by atoms with E-state index in [1.165, 1.54) is 57.8 Å². The molecule has 0 aliphatic heterocycles. The number of fused-ring (bicyclic) bond motifs is 5.